The van der Waals surface area contributed by atoms with Gasteiger partial charge in [-0.3, -0.25) is 0 Å². The van der Waals surface area contributed by atoms with Crippen molar-refractivity contribution in [3.63, 3.8) is 0 Å². The van der Waals surface area contributed by atoms with E-state index < -0.39 is 0 Å². The van der Waals surface area contributed by atoms with Crippen molar-refractivity contribution in [2.45, 2.75) is 11.3 Å². The van der Waals surface area contributed by atoms with Crippen LogP contribution in [0.5, 0.6) is 0 Å². The normalized spacial score (nSPS) is 9.79. The second-order valence-electron chi connectivity index (χ2n) is 2.68. The second kappa shape index (κ2) is 6.07. The molecule has 1 aromatic rings. The van der Waals surface area contributed by atoms with Gasteiger partial charge in [0.2, 0.25) is 0 Å². The minimum absolute atomic E-state index is 0.197. The SMILES string of the molecule is N#Cc1ccc(Br)cc1SCCCO. The molecule has 0 aliphatic carbocycles. The molecule has 0 aliphatic heterocycles. The van der Waals surface area contributed by atoms with E-state index >= 15 is 0 Å². The van der Waals surface area contributed by atoms with Crippen LogP contribution in [0.25, 0.3) is 0 Å². The number of hydrogen-bond acceptors (Lipinski definition) is 3. The van der Waals surface area contributed by atoms with Gasteiger partial charge in [0, 0.05) is 21.7 Å². The van der Waals surface area contributed by atoms with Gasteiger partial charge in [0.15, 0.2) is 0 Å². The molecule has 1 N–H and O–H groups in total. The molecule has 0 amide bonds. The Morgan fingerprint density at radius 1 is 1.50 bits per heavy atom. The third kappa shape index (κ3) is 3.33. The summed E-state index contributed by atoms with van der Waals surface area (Å²) in [6, 6.07) is 7.73. The number of nitrogens with zero attached hydrogens (tertiary/aromatic N) is 1. The summed E-state index contributed by atoms with van der Waals surface area (Å²) in [6.45, 7) is 0.197. The highest BCUT2D eigenvalue weighted by atomic mass is 79.9. The van der Waals surface area contributed by atoms with Crippen LogP contribution in [0.1, 0.15) is 12.0 Å². The first kappa shape index (κ1) is 11.6. The van der Waals surface area contributed by atoms with Crippen molar-refractivity contribution in [1.82, 2.24) is 0 Å². The number of hydrogen-bond donors (Lipinski definition) is 1. The summed E-state index contributed by atoms with van der Waals surface area (Å²) < 4.78 is 0.975. The minimum Gasteiger partial charge on any atom is -0.396 e. The molecule has 0 unspecified atom stereocenters. The van der Waals surface area contributed by atoms with Gasteiger partial charge in [0.1, 0.15) is 6.07 Å². The van der Waals surface area contributed by atoms with Crippen molar-refractivity contribution in [2.24, 2.45) is 0 Å². The molecule has 1 rings (SSSR count). The number of rotatable bonds is 4. The third-order valence-electron chi connectivity index (χ3n) is 1.62. The maximum Gasteiger partial charge on any atom is 0.100 e. The van der Waals surface area contributed by atoms with Crippen molar-refractivity contribution in [1.29, 1.82) is 5.26 Å². The Hall–Kier alpha value is -0.500. The second-order valence-corrected chi connectivity index (χ2v) is 4.73. The van der Waals surface area contributed by atoms with Crippen LogP contribution in [0.2, 0.25) is 0 Å². The van der Waals surface area contributed by atoms with E-state index in [0.29, 0.717) is 5.56 Å². The number of aliphatic hydroxyl groups excluding tert-OH is 1. The molecular weight excluding hydrogens is 262 g/mol. The predicted octanol–water partition coefficient (Wildman–Crippen LogP) is 2.80. The molecule has 0 bridgehead atoms. The van der Waals surface area contributed by atoms with Gasteiger partial charge in [-0.25, -0.2) is 0 Å². The molecule has 14 heavy (non-hydrogen) atoms. The Labute approximate surface area is 96.1 Å². The lowest BCUT2D eigenvalue weighted by Gasteiger charge is -2.03. The zero-order chi connectivity index (χ0) is 10.4. The first-order valence-corrected chi connectivity index (χ1v) is 5.99. The quantitative estimate of drug-likeness (QED) is 0.677. The van der Waals surface area contributed by atoms with Gasteiger partial charge >= 0.3 is 0 Å². The number of nitriles is 1. The van der Waals surface area contributed by atoms with Gasteiger partial charge in [-0.2, -0.15) is 5.26 Å². The van der Waals surface area contributed by atoms with Crippen LogP contribution in [0.4, 0.5) is 0 Å². The van der Waals surface area contributed by atoms with Gasteiger partial charge in [-0.15, -0.1) is 11.8 Å². The molecule has 1 aromatic carbocycles. The highest BCUT2D eigenvalue weighted by Crippen LogP contribution is 2.26. The molecule has 0 atom stereocenters. The highest BCUT2D eigenvalue weighted by molar-refractivity contribution is 9.10. The maximum atomic E-state index is 8.84. The molecule has 2 nitrogen and oxygen atoms in total. The van der Waals surface area contributed by atoms with Crippen LogP contribution in [0, 0.1) is 11.3 Å². The lowest BCUT2D eigenvalue weighted by molar-refractivity contribution is 0.296. The average Bonchev–Trinajstić information content (AvgIpc) is 2.19. The molecule has 0 radical (unpaired) electrons. The standard InChI is InChI=1S/C10H10BrNOS/c11-9-3-2-8(7-12)10(6-9)14-5-1-4-13/h2-3,6,13H,1,4-5H2. The van der Waals surface area contributed by atoms with E-state index in [9.17, 15) is 0 Å². The predicted molar refractivity (Wildman–Crippen MR) is 61.3 cm³/mol. The molecule has 0 aliphatic rings. The molecule has 74 valence electrons. The van der Waals surface area contributed by atoms with Crippen molar-refractivity contribution in [2.75, 3.05) is 12.4 Å². The van der Waals surface area contributed by atoms with E-state index in [4.69, 9.17) is 10.4 Å². The lowest BCUT2D eigenvalue weighted by atomic mass is 10.2. The number of benzene rings is 1. The van der Waals surface area contributed by atoms with Gasteiger partial charge < -0.3 is 5.11 Å². The molecule has 4 heteroatoms. The zero-order valence-electron chi connectivity index (χ0n) is 7.53. The van der Waals surface area contributed by atoms with Crippen LogP contribution in [0.15, 0.2) is 27.6 Å². The summed E-state index contributed by atoms with van der Waals surface area (Å²) in [5, 5.41) is 17.5. The summed E-state index contributed by atoms with van der Waals surface area (Å²) in [5.41, 5.74) is 0.691. The topological polar surface area (TPSA) is 44.0 Å². The Morgan fingerprint density at radius 2 is 2.29 bits per heavy atom. The summed E-state index contributed by atoms with van der Waals surface area (Å²) in [7, 11) is 0. The first-order valence-electron chi connectivity index (χ1n) is 4.21. The Morgan fingerprint density at radius 3 is 2.93 bits per heavy atom. The van der Waals surface area contributed by atoms with E-state index in [-0.39, 0.29) is 6.61 Å². The van der Waals surface area contributed by atoms with Crippen LogP contribution in [0.3, 0.4) is 0 Å². The minimum atomic E-state index is 0.197. The summed E-state index contributed by atoms with van der Waals surface area (Å²) in [6.07, 6.45) is 0.752. The van der Waals surface area contributed by atoms with Crippen LogP contribution in [-0.2, 0) is 0 Å². The molecule has 0 saturated heterocycles. The monoisotopic (exact) mass is 271 g/mol. The Kier molecular flexibility index (Phi) is 5.02. The molecular formula is C10H10BrNOS. The summed E-state index contributed by atoms with van der Waals surface area (Å²) in [5.74, 6) is 0.835. The lowest BCUT2D eigenvalue weighted by Crippen LogP contribution is -1.87. The smallest absolute Gasteiger partial charge is 0.100 e. The van der Waals surface area contributed by atoms with Crippen LogP contribution >= 0.6 is 27.7 Å². The van der Waals surface area contributed by atoms with Crippen molar-refractivity contribution < 1.29 is 5.11 Å². The average molecular weight is 272 g/mol. The van der Waals surface area contributed by atoms with Gasteiger partial charge in [0.25, 0.3) is 0 Å². The Balaban J connectivity index is 2.73. The van der Waals surface area contributed by atoms with Gasteiger partial charge in [-0.05, 0) is 24.6 Å². The number of aliphatic hydroxyl groups is 1. The van der Waals surface area contributed by atoms with Crippen molar-refractivity contribution in [3.8, 4) is 6.07 Å². The van der Waals surface area contributed by atoms with Gasteiger partial charge in [-0.1, -0.05) is 15.9 Å². The number of thioether (sulfide) groups is 1. The van der Waals surface area contributed by atoms with Crippen molar-refractivity contribution >= 4 is 27.7 Å². The van der Waals surface area contributed by atoms with Gasteiger partial charge in [0.05, 0.1) is 5.56 Å². The molecule has 0 saturated carbocycles. The largest absolute Gasteiger partial charge is 0.396 e. The van der Waals surface area contributed by atoms with Crippen LogP contribution in [-0.4, -0.2) is 17.5 Å². The molecule has 0 spiro atoms. The molecule has 0 aromatic heterocycles. The zero-order valence-corrected chi connectivity index (χ0v) is 9.94. The molecule has 0 heterocycles. The summed E-state index contributed by atoms with van der Waals surface area (Å²) in [4.78, 5) is 0.968. The van der Waals surface area contributed by atoms with E-state index in [0.717, 1.165) is 21.5 Å². The van der Waals surface area contributed by atoms with E-state index in [2.05, 4.69) is 22.0 Å². The maximum absolute atomic E-state index is 8.84. The number of halogens is 1. The fourth-order valence-electron chi connectivity index (χ4n) is 0.955. The fraction of sp³-hybridized carbons (Fsp3) is 0.300. The third-order valence-corrected chi connectivity index (χ3v) is 3.26. The van der Waals surface area contributed by atoms with E-state index in [1.807, 2.05) is 12.1 Å². The fourth-order valence-corrected chi connectivity index (χ4v) is 2.44. The Bertz CT molecular complexity index is 348. The van der Waals surface area contributed by atoms with Crippen LogP contribution < -0.4 is 0 Å². The first-order chi connectivity index (χ1) is 6.77. The highest BCUT2D eigenvalue weighted by Gasteiger charge is 2.02. The van der Waals surface area contributed by atoms with E-state index in [1.165, 1.54) is 0 Å². The summed E-state index contributed by atoms with van der Waals surface area (Å²) >= 11 is 4.96. The van der Waals surface area contributed by atoms with E-state index in [1.54, 1.807) is 17.8 Å². The van der Waals surface area contributed by atoms with Crippen molar-refractivity contribution in [3.05, 3.63) is 28.2 Å². The molecule has 0 fully saturated rings.